The number of hydrogen-bond acceptors (Lipinski definition) is 5. The molecule has 1 aliphatic heterocycles. The summed E-state index contributed by atoms with van der Waals surface area (Å²) in [5.41, 5.74) is 0. The number of likely N-dealkylation sites (tertiary alicyclic amines) is 1. The molecule has 1 rings (SSSR count). The van der Waals surface area contributed by atoms with Gasteiger partial charge in [-0.25, -0.2) is 0 Å². The molecule has 6 heteroatoms. The van der Waals surface area contributed by atoms with Crippen LogP contribution in [0.4, 0.5) is 0 Å². The van der Waals surface area contributed by atoms with Crippen molar-refractivity contribution in [3.8, 4) is 0 Å². The molecule has 0 saturated carbocycles. The Labute approximate surface area is 118 Å². The van der Waals surface area contributed by atoms with Gasteiger partial charge in [-0.05, 0) is 25.0 Å². The van der Waals surface area contributed by atoms with Crippen molar-refractivity contribution in [2.75, 3.05) is 31.8 Å². The van der Waals surface area contributed by atoms with Crippen molar-refractivity contribution in [2.45, 2.75) is 38.1 Å². The number of thioether (sulfide) groups is 1. The zero-order valence-corrected chi connectivity index (χ0v) is 12.3. The number of carbonyl (C=O) groups excluding carboxylic acids is 2. The van der Waals surface area contributed by atoms with Crippen LogP contribution in [-0.4, -0.2) is 59.7 Å². The van der Waals surface area contributed by atoms with Gasteiger partial charge >= 0.3 is 5.97 Å². The number of nitrogens with zero attached hydrogens (tertiary/aromatic N) is 1. The van der Waals surface area contributed by atoms with Crippen LogP contribution in [0.15, 0.2) is 0 Å². The van der Waals surface area contributed by atoms with Gasteiger partial charge in [-0.1, -0.05) is 0 Å². The first-order valence-corrected chi connectivity index (χ1v) is 7.89. The highest BCUT2D eigenvalue weighted by atomic mass is 32.2. The Balaban J connectivity index is 2.13. The van der Waals surface area contributed by atoms with E-state index in [2.05, 4.69) is 4.74 Å². The van der Waals surface area contributed by atoms with E-state index >= 15 is 0 Å². The summed E-state index contributed by atoms with van der Waals surface area (Å²) in [6.07, 6.45) is 3.63. The lowest BCUT2D eigenvalue weighted by atomic mass is 10.0. The monoisotopic (exact) mass is 289 g/mol. The fourth-order valence-electron chi connectivity index (χ4n) is 2.17. The van der Waals surface area contributed by atoms with Crippen molar-refractivity contribution in [3.05, 3.63) is 0 Å². The Morgan fingerprint density at radius 1 is 1.53 bits per heavy atom. The van der Waals surface area contributed by atoms with E-state index in [4.69, 9.17) is 0 Å². The van der Waals surface area contributed by atoms with Gasteiger partial charge in [-0.3, -0.25) is 9.59 Å². The normalized spacial score (nSPS) is 19.6. The fraction of sp³-hybridized carbons (Fsp3) is 0.846. The third kappa shape index (κ3) is 5.82. The highest BCUT2D eigenvalue weighted by Gasteiger charge is 2.26. The summed E-state index contributed by atoms with van der Waals surface area (Å²) in [5.74, 6) is 1.72. The molecule has 0 aromatic carbocycles. The molecular formula is C13H23NO4S. The number of hydrogen-bond donors (Lipinski definition) is 1. The Kier molecular flexibility index (Phi) is 7.90. The molecule has 1 fully saturated rings. The van der Waals surface area contributed by atoms with E-state index in [0.717, 1.165) is 30.8 Å². The van der Waals surface area contributed by atoms with Crippen molar-refractivity contribution < 1.29 is 19.4 Å². The summed E-state index contributed by atoms with van der Waals surface area (Å²) in [6, 6.07) is -0.00285. The quantitative estimate of drug-likeness (QED) is 0.534. The van der Waals surface area contributed by atoms with Crippen LogP contribution in [0, 0.1) is 0 Å². The first-order chi connectivity index (χ1) is 9.19. The molecule has 0 radical (unpaired) electrons. The van der Waals surface area contributed by atoms with Crippen molar-refractivity contribution in [3.63, 3.8) is 0 Å². The van der Waals surface area contributed by atoms with Gasteiger partial charge in [-0.15, -0.1) is 0 Å². The molecule has 5 nitrogen and oxygen atoms in total. The summed E-state index contributed by atoms with van der Waals surface area (Å²) in [6.45, 7) is 0.742. The summed E-state index contributed by atoms with van der Waals surface area (Å²) < 4.78 is 4.57. The number of carbonyl (C=O) groups is 2. The average Bonchev–Trinajstić information content (AvgIpc) is 2.43. The second-order valence-electron chi connectivity index (χ2n) is 4.61. The van der Waals surface area contributed by atoms with Crippen LogP contribution in [-0.2, 0) is 14.3 Å². The summed E-state index contributed by atoms with van der Waals surface area (Å²) in [5, 5.41) is 9.26. The molecule has 1 amide bonds. The fourth-order valence-corrected chi connectivity index (χ4v) is 3.05. The Morgan fingerprint density at radius 2 is 2.32 bits per heavy atom. The summed E-state index contributed by atoms with van der Waals surface area (Å²) in [7, 11) is 1.40. The lowest BCUT2D eigenvalue weighted by Gasteiger charge is -2.34. The van der Waals surface area contributed by atoms with Crippen LogP contribution in [0.2, 0.25) is 0 Å². The van der Waals surface area contributed by atoms with Crippen LogP contribution in [0.1, 0.15) is 32.1 Å². The number of rotatable bonds is 8. The first kappa shape index (κ1) is 16.3. The molecule has 1 atom stereocenters. The van der Waals surface area contributed by atoms with E-state index in [-0.39, 0.29) is 24.5 Å². The second kappa shape index (κ2) is 9.20. The van der Waals surface area contributed by atoms with Gasteiger partial charge in [0.2, 0.25) is 5.91 Å². The Hall–Kier alpha value is -0.750. The number of esters is 1. The predicted octanol–water partition coefficient (Wildman–Crippen LogP) is 1.05. The van der Waals surface area contributed by atoms with E-state index in [0.29, 0.717) is 19.4 Å². The predicted molar refractivity (Wildman–Crippen MR) is 75.0 cm³/mol. The molecule has 0 aromatic heterocycles. The number of aliphatic hydroxyl groups excluding tert-OH is 1. The molecule has 0 spiro atoms. The van der Waals surface area contributed by atoms with E-state index in [9.17, 15) is 14.7 Å². The highest BCUT2D eigenvalue weighted by Crippen LogP contribution is 2.18. The topological polar surface area (TPSA) is 66.8 Å². The first-order valence-electron chi connectivity index (χ1n) is 6.74. The highest BCUT2D eigenvalue weighted by molar-refractivity contribution is 7.99. The molecule has 1 heterocycles. The molecule has 0 aliphatic carbocycles. The molecule has 1 saturated heterocycles. The van der Waals surface area contributed by atoms with Crippen LogP contribution in [0.3, 0.4) is 0 Å². The van der Waals surface area contributed by atoms with Crippen LogP contribution < -0.4 is 0 Å². The maximum atomic E-state index is 11.8. The maximum Gasteiger partial charge on any atom is 0.305 e. The summed E-state index contributed by atoms with van der Waals surface area (Å²) >= 11 is 1.73. The van der Waals surface area contributed by atoms with E-state index in [1.54, 1.807) is 16.7 Å². The number of piperidine rings is 1. The van der Waals surface area contributed by atoms with Crippen LogP contribution in [0.5, 0.6) is 0 Å². The minimum Gasteiger partial charge on any atom is -0.469 e. The van der Waals surface area contributed by atoms with Crippen molar-refractivity contribution in [1.29, 1.82) is 0 Å². The molecule has 110 valence electrons. The van der Waals surface area contributed by atoms with E-state index < -0.39 is 0 Å². The van der Waals surface area contributed by atoms with E-state index in [1.807, 2.05) is 0 Å². The lowest BCUT2D eigenvalue weighted by Crippen LogP contribution is -2.46. The minimum atomic E-state index is -0.174. The van der Waals surface area contributed by atoms with Crippen LogP contribution >= 0.6 is 11.8 Å². The van der Waals surface area contributed by atoms with Crippen molar-refractivity contribution in [2.24, 2.45) is 0 Å². The molecule has 0 unspecified atom stereocenters. The third-order valence-electron chi connectivity index (χ3n) is 3.27. The van der Waals surface area contributed by atoms with E-state index in [1.165, 1.54) is 7.11 Å². The Bertz CT molecular complexity index is 298. The zero-order chi connectivity index (χ0) is 14.1. The smallest absolute Gasteiger partial charge is 0.305 e. The molecule has 1 N–H and O–H groups in total. The van der Waals surface area contributed by atoms with Gasteiger partial charge < -0.3 is 14.7 Å². The molecule has 19 heavy (non-hydrogen) atoms. The van der Waals surface area contributed by atoms with Gasteiger partial charge in [-0.2, -0.15) is 11.8 Å². The number of ether oxygens (including phenoxy) is 1. The molecule has 0 bridgehead atoms. The molecule has 1 aliphatic rings. The van der Waals surface area contributed by atoms with Crippen molar-refractivity contribution >= 4 is 23.6 Å². The molecular weight excluding hydrogens is 266 g/mol. The van der Waals surface area contributed by atoms with Crippen molar-refractivity contribution in [1.82, 2.24) is 4.90 Å². The SMILES string of the molecule is COC(=O)CCCSCCN1C(=O)CCC[C@@H]1CO. The third-order valence-corrected chi connectivity index (χ3v) is 4.32. The number of aliphatic hydroxyl groups is 1. The standard InChI is InChI=1S/C13H23NO4S/c1-18-13(17)6-3-8-19-9-7-14-11(10-15)4-2-5-12(14)16/h11,15H,2-10H2,1H3/t11-/m1/s1. The molecule has 0 aromatic rings. The van der Waals surface area contributed by atoms with Gasteiger partial charge in [0.25, 0.3) is 0 Å². The zero-order valence-electron chi connectivity index (χ0n) is 11.5. The largest absolute Gasteiger partial charge is 0.469 e. The van der Waals surface area contributed by atoms with Crippen LogP contribution in [0.25, 0.3) is 0 Å². The minimum absolute atomic E-state index is 0.00285. The van der Waals surface area contributed by atoms with Gasteiger partial charge in [0.15, 0.2) is 0 Å². The average molecular weight is 289 g/mol. The number of amides is 1. The Morgan fingerprint density at radius 3 is 3.00 bits per heavy atom. The summed E-state index contributed by atoms with van der Waals surface area (Å²) in [4.78, 5) is 24.5. The lowest BCUT2D eigenvalue weighted by molar-refractivity contribution is -0.140. The second-order valence-corrected chi connectivity index (χ2v) is 5.83. The number of methoxy groups -OCH3 is 1. The van der Waals surface area contributed by atoms with Gasteiger partial charge in [0.1, 0.15) is 0 Å². The van der Waals surface area contributed by atoms with Gasteiger partial charge in [0.05, 0.1) is 19.8 Å². The maximum absolute atomic E-state index is 11.8. The van der Waals surface area contributed by atoms with Gasteiger partial charge in [0, 0.05) is 25.1 Å².